The van der Waals surface area contributed by atoms with Crippen molar-refractivity contribution in [3.8, 4) is 44.5 Å². The highest BCUT2D eigenvalue weighted by Crippen LogP contribution is 2.38. The van der Waals surface area contributed by atoms with Crippen molar-refractivity contribution in [1.82, 2.24) is 19.9 Å². The van der Waals surface area contributed by atoms with Crippen molar-refractivity contribution < 1.29 is 0 Å². The number of aromatic nitrogens is 4. The van der Waals surface area contributed by atoms with Crippen LogP contribution in [0.1, 0.15) is 22.8 Å². The number of rotatable bonds is 4. The third-order valence-electron chi connectivity index (χ3n) is 9.00. The van der Waals surface area contributed by atoms with Gasteiger partial charge in [-0.25, -0.2) is 9.97 Å². The lowest BCUT2D eigenvalue weighted by molar-refractivity contribution is 1.28. The Hall–Kier alpha value is -6.52. The van der Waals surface area contributed by atoms with E-state index in [0.29, 0.717) is 0 Å². The molecule has 48 heavy (non-hydrogen) atoms. The molecule has 0 amide bonds. The van der Waals surface area contributed by atoms with Crippen LogP contribution in [0.5, 0.6) is 0 Å². The molecule has 4 aromatic carbocycles. The van der Waals surface area contributed by atoms with E-state index in [0.717, 1.165) is 89.4 Å². The maximum atomic E-state index is 5.33. The number of nitrogens with zero attached hydrogens (tertiary/aromatic N) is 2. The molecule has 0 fully saturated rings. The summed E-state index contributed by atoms with van der Waals surface area (Å²) in [6.07, 6.45) is 8.50. The fraction of sp³-hybridized carbons (Fsp3) is 0. The van der Waals surface area contributed by atoms with E-state index < -0.39 is 0 Å². The lowest BCUT2D eigenvalue weighted by Gasteiger charge is -2.07. The zero-order chi connectivity index (χ0) is 31.9. The molecule has 3 aromatic heterocycles. The summed E-state index contributed by atoms with van der Waals surface area (Å²) in [6, 6.07) is 50.7. The van der Waals surface area contributed by atoms with Crippen LogP contribution < -0.4 is 0 Å². The second-order valence-electron chi connectivity index (χ2n) is 12.0. The molecular formula is C44H30N4. The van der Waals surface area contributed by atoms with Crippen molar-refractivity contribution in [1.29, 1.82) is 0 Å². The van der Waals surface area contributed by atoms with Gasteiger partial charge in [-0.3, -0.25) is 0 Å². The minimum absolute atomic E-state index is 0.883. The average Bonchev–Trinajstić information content (AvgIpc) is 3.98. The molecule has 0 saturated carbocycles. The monoisotopic (exact) mass is 614 g/mol. The van der Waals surface area contributed by atoms with Gasteiger partial charge in [0.1, 0.15) is 0 Å². The van der Waals surface area contributed by atoms with Gasteiger partial charge in [-0.1, -0.05) is 121 Å². The lowest BCUT2D eigenvalue weighted by atomic mass is 10.0. The van der Waals surface area contributed by atoms with Crippen molar-refractivity contribution in [2.45, 2.75) is 0 Å². The average molecular weight is 615 g/mol. The summed E-state index contributed by atoms with van der Waals surface area (Å²) >= 11 is 0. The Bertz CT molecular complexity index is 2380. The summed E-state index contributed by atoms with van der Waals surface area (Å²) in [7, 11) is 0. The maximum absolute atomic E-state index is 5.33. The summed E-state index contributed by atoms with van der Waals surface area (Å²) in [6.45, 7) is 0. The van der Waals surface area contributed by atoms with E-state index in [-0.39, 0.29) is 0 Å². The van der Waals surface area contributed by atoms with Gasteiger partial charge >= 0.3 is 0 Å². The van der Waals surface area contributed by atoms with Crippen LogP contribution in [0.15, 0.2) is 146 Å². The van der Waals surface area contributed by atoms with Crippen molar-refractivity contribution >= 4 is 46.4 Å². The van der Waals surface area contributed by atoms with E-state index >= 15 is 0 Å². The third-order valence-corrected chi connectivity index (χ3v) is 9.00. The molecule has 2 N–H and O–H groups in total. The molecule has 9 rings (SSSR count). The van der Waals surface area contributed by atoms with Gasteiger partial charge in [-0.05, 0) is 70.8 Å². The number of hydrogen-bond acceptors (Lipinski definition) is 2. The molecular weight excluding hydrogens is 585 g/mol. The summed E-state index contributed by atoms with van der Waals surface area (Å²) in [4.78, 5) is 18.3. The van der Waals surface area contributed by atoms with Crippen LogP contribution in [-0.4, -0.2) is 19.9 Å². The number of H-pyrrole nitrogens is 2. The first-order valence-electron chi connectivity index (χ1n) is 16.2. The standard InChI is InChI=1S/C44H30N4/c1-5-13-29(14-6-1)41-33-21-23-35(45-33)42(30-15-7-2-8-16-30)37-25-27-39(47-37)44(32-19-11-4-12-20-32)40-28-26-38(48-40)43(31-17-9-3-10-18-31)36-24-22-34(41)46-36/h1-28,45-46H. The molecule has 0 saturated heterocycles. The minimum Gasteiger partial charge on any atom is -0.354 e. The van der Waals surface area contributed by atoms with E-state index in [1.807, 2.05) is 18.2 Å². The van der Waals surface area contributed by atoms with E-state index in [9.17, 15) is 0 Å². The van der Waals surface area contributed by atoms with E-state index in [4.69, 9.17) is 9.97 Å². The molecule has 0 atom stereocenters. The summed E-state index contributed by atoms with van der Waals surface area (Å²) < 4.78 is 0. The van der Waals surface area contributed by atoms with Gasteiger partial charge in [0.15, 0.2) is 0 Å². The molecule has 2 aliphatic heterocycles. The molecule has 8 bridgehead atoms. The Morgan fingerprint density at radius 2 is 0.542 bits per heavy atom. The fourth-order valence-electron chi connectivity index (χ4n) is 6.84. The van der Waals surface area contributed by atoms with Crippen LogP contribution in [0.3, 0.4) is 0 Å². The van der Waals surface area contributed by atoms with Gasteiger partial charge in [0.05, 0.1) is 22.8 Å². The summed E-state index contributed by atoms with van der Waals surface area (Å²) in [5.41, 5.74) is 16.2. The molecule has 7 aromatic rings. The number of aromatic amines is 2. The Balaban J connectivity index is 1.49. The highest BCUT2D eigenvalue weighted by Gasteiger charge is 2.19. The minimum atomic E-state index is 0.883. The number of nitrogens with one attached hydrogen (secondary N) is 2. The second kappa shape index (κ2) is 11.7. The predicted molar refractivity (Wildman–Crippen MR) is 201 cm³/mol. The van der Waals surface area contributed by atoms with Gasteiger partial charge in [0.2, 0.25) is 0 Å². The summed E-state index contributed by atoms with van der Waals surface area (Å²) in [5.74, 6) is 0. The quantitative estimate of drug-likeness (QED) is 0.207. The van der Waals surface area contributed by atoms with E-state index in [2.05, 4.69) is 162 Å². The highest BCUT2D eigenvalue weighted by atomic mass is 14.8. The zero-order valence-electron chi connectivity index (χ0n) is 26.1. The summed E-state index contributed by atoms with van der Waals surface area (Å²) in [5, 5.41) is 0. The van der Waals surface area contributed by atoms with Crippen LogP contribution in [0.25, 0.3) is 90.9 Å². The Morgan fingerprint density at radius 3 is 0.896 bits per heavy atom. The smallest absolute Gasteiger partial charge is 0.0738 e. The highest BCUT2D eigenvalue weighted by molar-refractivity contribution is 6.00. The normalized spacial score (nSPS) is 12.0. The Kier molecular flexibility index (Phi) is 6.76. The molecule has 4 nitrogen and oxygen atoms in total. The molecule has 4 heteroatoms. The van der Waals surface area contributed by atoms with Gasteiger partial charge < -0.3 is 9.97 Å². The molecule has 2 aliphatic rings. The van der Waals surface area contributed by atoms with Crippen LogP contribution in [0.2, 0.25) is 0 Å². The van der Waals surface area contributed by atoms with Crippen molar-refractivity contribution in [2.75, 3.05) is 0 Å². The number of benzene rings is 4. The Labute approximate surface area is 278 Å². The first-order chi connectivity index (χ1) is 23.8. The van der Waals surface area contributed by atoms with Crippen molar-refractivity contribution in [3.63, 3.8) is 0 Å². The molecule has 5 heterocycles. The van der Waals surface area contributed by atoms with Gasteiger partial charge in [-0.2, -0.15) is 0 Å². The van der Waals surface area contributed by atoms with Crippen molar-refractivity contribution in [2.24, 2.45) is 0 Å². The lowest BCUT2D eigenvalue weighted by Crippen LogP contribution is -1.91. The van der Waals surface area contributed by atoms with Gasteiger partial charge in [0.25, 0.3) is 0 Å². The fourth-order valence-corrected chi connectivity index (χ4v) is 6.84. The largest absolute Gasteiger partial charge is 0.354 e. The molecule has 0 aliphatic carbocycles. The first-order valence-corrected chi connectivity index (χ1v) is 16.2. The first kappa shape index (κ1) is 27.8. The predicted octanol–water partition coefficient (Wildman–Crippen LogP) is 11.3. The van der Waals surface area contributed by atoms with E-state index in [1.165, 1.54) is 0 Å². The Morgan fingerprint density at radius 1 is 0.271 bits per heavy atom. The van der Waals surface area contributed by atoms with Crippen molar-refractivity contribution in [3.05, 3.63) is 168 Å². The van der Waals surface area contributed by atoms with E-state index in [1.54, 1.807) is 0 Å². The third kappa shape index (κ3) is 4.88. The zero-order valence-corrected chi connectivity index (χ0v) is 26.1. The van der Waals surface area contributed by atoms with Gasteiger partial charge in [0, 0.05) is 44.3 Å². The number of hydrogen-bond donors (Lipinski definition) is 2. The SMILES string of the molecule is C1=Cc2nc1c(-c1ccccc1)c1nc(c(-c3ccccc3)c3ccc([nH]3)c(-c3ccccc3)c3ccc([nH]3)c2-c2ccccc2)C=C1. The van der Waals surface area contributed by atoms with Crippen LogP contribution in [-0.2, 0) is 0 Å². The molecule has 0 unspecified atom stereocenters. The van der Waals surface area contributed by atoms with Crippen LogP contribution >= 0.6 is 0 Å². The maximum Gasteiger partial charge on any atom is 0.0738 e. The second-order valence-corrected chi connectivity index (χ2v) is 12.0. The van der Waals surface area contributed by atoms with Gasteiger partial charge in [-0.15, -0.1) is 0 Å². The van der Waals surface area contributed by atoms with Crippen LogP contribution in [0.4, 0.5) is 0 Å². The molecule has 226 valence electrons. The topological polar surface area (TPSA) is 57.4 Å². The molecule has 0 spiro atoms. The number of fused-ring (bicyclic) bond motifs is 8. The molecule has 0 radical (unpaired) electrons. The van der Waals surface area contributed by atoms with Crippen LogP contribution in [0, 0.1) is 0 Å².